The van der Waals surface area contributed by atoms with Crippen LogP contribution in [0, 0.1) is 26.7 Å². The van der Waals surface area contributed by atoms with E-state index in [-0.39, 0.29) is 11.8 Å². The highest BCUT2D eigenvalue weighted by atomic mass is 32.2. The fourth-order valence-corrected chi connectivity index (χ4v) is 4.72. The van der Waals surface area contributed by atoms with Crippen molar-refractivity contribution in [3.8, 4) is 11.3 Å². The maximum atomic E-state index is 12.7. The summed E-state index contributed by atoms with van der Waals surface area (Å²) in [7, 11) is -3.20. The van der Waals surface area contributed by atoms with Gasteiger partial charge in [-0.1, -0.05) is 6.07 Å². The number of aryl methyl sites for hydroxylation is 3. The van der Waals surface area contributed by atoms with E-state index < -0.39 is 10.0 Å². The zero-order valence-corrected chi connectivity index (χ0v) is 18.9. The summed E-state index contributed by atoms with van der Waals surface area (Å²) in [5.74, 6) is 0.284. The molecule has 0 spiro atoms. The van der Waals surface area contributed by atoms with Crippen LogP contribution < -0.4 is 5.32 Å². The minimum atomic E-state index is -3.20. The second-order valence-electron chi connectivity index (χ2n) is 8.12. The van der Waals surface area contributed by atoms with Crippen LogP contribution in [0.4, 0.5) is 5.69 Å². The van der Waals surface area contributed by atoms with Crippen LogP contribution in [-0.2, 0) is 14.8 Å². The fourth-order valence-electron chi connectivity index (χ4n) is 3.84. The van der Waals surface area contributed by atoms with Gasteiger partial charge >= 0.3 is 0 Å². The number of hydrogen-bond acceptors (Lipinski definition) is 6. The highest BCUT2D eigenvalue weighted by Gasteiger charge is 2.29. The summed E-state index contributed by atoms with van der Waals surface area (Å²) in [4.78, 5) is 17.3. The van der Waals surface area contributed by atoms with Crippen LogP contribution in [0.25, 0.3) is 17.0 Å². The molecule has 2 aromatic heterocycles. The Kier molecular flexibility index (Phi) is 5.52. The summed E-state index contributed by atoms with van der Waals surface area (Å²) in [6.45, 7) is 6.59. The Bertz CT molecular complexity index is 1260. The predicted molar refractivity (Wildman–Crippen MR) is 118 cm³/mol. The van der Waals surface area contributed by atoms with Crippen LogP contribution in [0.5, 0.6) is 0 Å². The number of fused-ring (bicyclic) bond motifs is 1. The van der Waals surface area contributed by atoms with Crippen molar-refractivity contribution in [1.29, 1.82) is 0 Å². The van der Waals surface area contributed by atoms with Gasteiger partial charge in [0.1, 0.15) is 0 Å². The van der Waals surface area contributed by atoms with Crippen molar-refractivity contribution in [2.45, 2.75) is 33.6 Å². The number of carbonyl (C=O) groups excluding carboxylic acids is 1. The molecule has 1 aromatic carbocycles. The average molecular weight is 443 g/mol. The summed E-state index contributed by atoms with van der Waals surface area (Å²) in [5, 5.41) is 11.3. The van der Waals surface area contributed by atoms with Gasteiger partial charge in [0.2, 0.25) is 15.9 Å². The Morgan fingerprint density at radius 3 is 2.48 bits per heavy atom. The lowest BCUT2D eigenvalue weighted by molar-refractivity contribution is -0.120. The molecule has 3 aromatic rings. The number of rotatable bonds is 4. The Balaban J connectivity index is 1.48. The standard InChI is InChI=1S/C21H26N6O3S/c1-13-11-17(19-12-27-15(3)14(2)24-25-21(27)23-19)5-6-18(13)22-20(28)16-7-9-26(10-8-16)31(4,29)30/h5-6,11-12,16H,7-10H2,1-4H3,(H,22,28). The molecule has 1 fully saturated rings. The van der Waals surface area contributed by atoms with Crippen LogP contribution in [0.3, 0.4) is 0 Å². The Labute approximate surface area is 181 Å². The third kappa shape index (κ3) is 4.31. The normalized spacial score (nSPS) is 16.0. The van der Waals surface area contributed by atoms with Gasteiger partial charge in [-0.2, -0.15) is 5.10 Å². The molecule has 31 heavy (non-hydrogen) atoms. The van der Waals surface area contributed by atoms with E-state index in [0.717, 1.165) is 33.9 Å². The third-order valence-electron chi connectivity index (χ3n) is 5.94. The zero-order valence-electron chi connectivity index (χ0n) is 18.1. The predicted octanol–water partition coefficient (Wildman–Crippen LogP) is 2.33. The lowest BCUT2D eigenvalue weighted by Crippen LogP contribution is -2.40. The molecule has 4 rings (SSSR count). The first-order valence-electron chi connectivity index (χ1n) is 10.2. The lowest BCUT2D eigenvalue weighted by Gasteiger charge is -2.29. The van der Waals surface area contributed by atoms with E-state index in [9.17, 15) is 13.2 Å². The van der Waals surface area contributed by atoms with Gasteiger partial charge in [-0.15, -0.1) is 5.10 Å². The zero-order chi connectivity index (χ0) is 22.3. The van der Waals surface area contributed by atoms with Crippen molar-refractivity contribution in [2.24, 2.45) is 5.92 Å². The molecular weight excluding hydrogens is 416 g/mol. The van der Waals surface area contributed by atoms with Gasteiger partial charge in [0, 0.05) is 42.1 Å². The van der Waals surface area contributed by atoms with Gasteiger partial charge in [-0.25, -0.2) is 17.7 Å². The number of aromatic nitrogens is 4. The molecule has 1 aliphatic rings. The number of carbonyl (C=O) groups is 1. The van der Waals surface area contributed by atoms with E-state index >= 15 is 0 Å². The maximum Gasteiger partial charge on any atom is 0.254 e. The fraction of sp³-hybridized carbons (Fsp3) is 0.429. The first-order chi connectivity index (χ1) is 14.6. The molecule has 0 bridgehead atoms. The summed E-state index contributed by atoms with van der Waals surface area (Å²) in [6, 6.07) is 5.79. The number of nitrogens with one attached hydrogen (secondary N) is 1. The van der Waals surface area contributed by atoms with E-state index in [1.165, 1.54) is 10.6 Å². The number of anilines is 1. The first-order valence-corrected chi connectivity index (χ1v) is 12.0. The molecule has 1 amide bonds. The van der Waals surface area contributed by atoms with Crippen molar-refractivity contribution in [1.82, 2.24) is 23.9 Å². The topological polar surface area (TPSA) is 110 Å². The van der Waals surface area contributed by atoms with E-state index in [0.29, 0.717) is 31.7 Å². The summed E-state index contributed by atoms with van der Waals surface area (Å²) in [6.07, 6.45) is 4.19. The molecule has 164 valence electrons. The number of amides is 1. The van der Waals surface area contributed by atoms with Gasteiger partial charge < -0.3 is 5.32 Å². The maximum absolute atomic E-state index is 12.7. The molecular formula is C21H26N6O3S. The molecule has 3 heterocycles. The third-order valence-corrected chi connectivity index (χ3v) is 7.24. The molecule has 0 radical (unpaired) electrons. The molecule has 10 heteroatoms. The number of imidazole rings is 1. The summed E-state index contributed by atoms with van der Waals surface area (Å²) >= 11 is 0. The second-order valence-corrected chi connectivity index (χ2v) is 10.1. The number of hydrogen-bond donors (Lipinski definition) is 1. The summed E-state index contributed by atoms with van der Waals surface area (Å²) < 4.78 is 26.7. The van der Waals surface area contributed by atoms with E-state index in [4.69, 9.17) is 0 Å². The minimum absolute atomic E-state index is 0.0712. The number of sulfonamides is 1. The van der Waals surface area contributed by atoms with Crippen LogP contribution in [0.2, 0.25) is 0 Å². The number of benzene rings is 1. The van der Waals surface area contributed by atoms with E-state index in [1.54, 1.807) is 0 Å². The quantitative estimate of drug-likeness (QED) is 0.664. The molecule has 1 N–H and O–H groups in total. The first kappa shape index (κ1) is 21.4. The Morgan fingerprint density at radius 1 is 1.13 bits per heavy atom. The summed E-state index contributed by atoms with van der Waals surface area (Å²) in [5.41, 5.74) is 5.24. The van der Waals surface area contributed by atoms with E-state index in [2.05, 4.69) is 20.5 Å². The monoisotopic (exact) mass is 442 g/mol. The highest BCUT2D eigenvalue weighted by Crippen LogP contribution is 2.27. The molecule has 9 nitrogen and oxygen atoms in total. The van der Waals surface area contributed by atoms with Gasteiger partial charge in [0.25, 0.3) is 5.78 Å². The molecule has 0 unspecified atom stereocenters. The van der Waals surface area contributed by atoms with E-state index in [1.807, 2.05) is 49.6 Å². The van der Waals surface area contributed by atoms with Crippen molar-refractivity contribution in [3.63, 3.8) is 0 Å². The van der Waals surface area contributed by atoms with Gasteiger partial charge in [0.15, 0.2) is 0 Å². The van der Waals surface area contributed by atoms with Crippen LogP contribution in [0.1, 0.15) is 29.8 Å². The largest absolute Gasteiger partial charge is 0.326 e. The van der Waals surface area contributed by atoms with Gasteiger partial charge in [-0.05, 0) is 51.3 Å². The Hall–Kier alpha value is -2.85. The smallest absolute Gasteiger partial charge is 0.254 e. The van der Waals surface area contributed by atoms with Crippen LogP contribution >= 0.6 is 0 Å². The SMILES string of the molecule is Cc1cc(-c2cn3c(C)c(C)nnc3n2)ccc1NC(=O)C1CCN(S(C)(=O)=O)CC1. The molecule has 1 saturated heterocycles. The van der Waals surface area contributed by atoms with Crippen LogP contribution in [0.15, 0.2) is 24.4 Å². The number of piperidine rings is 1. The van der Waals surface area contributed by atoms with Crippen molar-refractivity contribution >= 4 is 27.4 Å². The number of nitrogens with zero attached hydrogens (tertiary/aromatic N) is 5. The molecule has 0 saturated carbocycles. The van der Waals surface area contributed by atoms with Crippen molar-refractivity contribution in [3.05, 3.63) is 41.3 Å². The van der Waals surface area contributed by atoms with Crippen LogP contribution in [-0.4, -0.2) is 57.6 Å². The van der Waals surface area contributed by atoms with Crippen molar-refractivity contribution < 1.29 is 13.2 Å². The minimum Gasteiger partial charge on any atom is -0.326 e. The molecule has 1 aliphatic heterocycles. The molecule has 0 atom stereocenters. The van der Waals surface area contributed by atoms with Gasteiger partial charge in [-0.3, -0.25) is 9.20 Å². The Morgan fingerprint density at radius 2 is 1.84 bits per heavy atom. The van der Waals surface area contributed by atoms with Gasteiger partial charge in [0.05, 0.1) is 17.6 Å². The second kappa shape index (κ2) is 8.01. The average Bonchev–Trinajstić information content (AvgIpc) is 3.17. The highest BCUT2D eigenvalue weighted by molar-refractivity contribution is 7.88. The van der Waals surface area contributed by atoms with Crippen molar-refractivity contribution in [2.75, 3.05) is 24.7 Å². The molecule has 0 aliphatic carbocycles. The lowest BCUT2D eigenvalue weighted by atomic mass is 9.97.